The van der Waals surface area contributed by atoms with Crippen molar-refractivity contribution in [2.45, 2.75) is 51.5 Å². The fourth-order valence-corrected chi connectivity index (χ4v) is 2.48. The Bertz CT molecular complexity index is 221. The van der Waals surface area contributed by atoms with Crippen molar-refractivity contribution in [2.75, 3.05) is 19.6 Å². The van der Waals surface area contributed by atoms with Gasteiger partial charge >= 0.3 is 0 Å². The molecule has 0 radical (unpaired) electrons. The highest BCUT2D eigenvalue weighted by molar-refractivity contribution is 5.75. The van der Waals surface area contributed by atoms with Crippen molar-refractivity contribution in [3.63, 3.8) is 0 Å². The van der Waals surface area contributed by atoms with Gasteiger partial charge in [-0.3, -0.25) is 4.79 Å². The Morgan fingerprint density at radius 3 is 2.76 bits per heavy atom. The first-order chi connectivity index (χ1) is 8.27. The first-order valence-electron chi connectivity index (χ1n) is 6.98. The van der Waals surface area contributed by atoms with Crippen LogP contribution in [0.5, 0.6) is 0 Å². The zero-order chi connectivity index (χ0) is 12.5. The minimum atomic E-state index is 0.152. The Kier molecular flexibility index (Phi) is 7.21. The minimum Gasteiger partial charge on any atom is -0.356 e. The molecule has 4 N–H and O–H groups in total. The molecule has 0 aromatic rings. The molecule has 0 aromatic heterocycles. The standard InChI is InChI=1S/C13H27N3O/c1-2-8-16-13(17)7-9-15-12-6-4-3-5-11(12)10-14/h11-12,15H,2-10,14H2,1H3,(H,16,17). The largest absolute Gasteiger partial charge is 0.356 e. The van der Waals surface area contributed by atoms with Crippen LogP contribution in [-0.4, -0.2) is 31.6 Å². The van der Waals surface area contributed by atoms with E-state index in [9.17, 15) is 4.79 Å². The van der Waals surface area contributed by atoms with Gasteiger partial charge in [-0.2, -0.15) is 0 Å². The summed E-state index contributed by atoms with van der Waals surface area (Å²) in [7, 11) is 0. The molecule has 0 spiro atoms. The Morgan fingerprint density at radius 1 is 1.29 bits per heavy atom. The van der Waals surface area contributed by atoms with Gasteiger partial charge in [0.1, 0.15) is 0 Å². The van der Waals surface area contributed by atoms with Gasteiger partial charge in [0.05, 0.1) is 0 Å². The number of hydrogen-bond acceptors (Lipinski definition) is 3. The Balaban J connectivity index is 2.14. The summed E-state index contributed by atoms with van der Waals surface area (Å²) in [5, 5.41) is 6.38. The van der Waals surface area contributed by atoms with Gasteiger partial charge in [0.25, 0.3) is 0 Å². The van der Waals surface area contributed by atoms with Gasteiger partial charge < -0.3 is 16.4 Å². The molecule has 1 saturated carbocycles. The fourth-order valence-electron chi connectivity index (χ4n) is 2.48. The van der Waals surface area contributed by atoms with Crippen LogP contribution in [0.3, 0.4) is 0 Å². The smallest absolute Gasteiger partial charge is 0.221 e. The maximum atomic E-state index is 11.4. The van der Waals surface area contributed by atoms with Crippen molar-refractivity contribution in [3.05, 3.63) is 0 Å². The monoisotopic (exact) mass is 241 g/mol. The summed E-state index contributed by atoms with van der Waals surface area (Å²) in [6.07, 6.45) is 6.60. The highest BCUT2D eigenvalue weighted by Gasteiger charge is 2.23. The van der Waals surface area contributed by atoms with E-state index in [4.69, 9.17) is 5.73 Å². The van der Waals surface area contributed by atoms with Crippen molar-refractivity contribution >= 4 is 5.91 Å². The molecule has 17 heavy (non-hydrogen) atoms. The van der Waals surface area contributed by atoms with Crippen LogP contribution < -0.4 is 16.4 Å². The maximum Gasteiger partial charge on any atom is 0.221 e. The summed E-state index contributed by atoms with van der Waals surface area (Å²) in [4.78, 5) is 11.4. The quantitative estimate of drug-likeness (QED) is 0.623. The van der Waals surface area contributed by atoms with Crippen molar-refractivity contribution in [1.82, 2.24) is 10.6 Å². The van der Waals surface area contributed by atoms with E-state index < -0.39 is 0 Å². The van der Waals surface area contributed by atoms with E-state index in [0.29, 0.717) is 18.4 Å². The molecule has 1 aliphatic rings. The van der Waals surface area contributed by atoms with Crippen LogP contribution in [-0.2, 0) is 4.79 Å². The third kappa shape index (κ3) is 5.50. The van der Waals surface area contributed by atoms with E-state index in [1.807, 2.05) is 0 Å². The first-order valence-corrected chi connectivity index (χ1v) is 6.98. The molecule has 0 saturated heterocycles. The van der Waals surface area contributed by atoms with Crippen molar-refractivity contribution in [1.29, 1.82) is 0 Å². The van der Waals surface area contributed by atoms with E-state index in [-0.39, 0.29) is 5.91 Å². The van der Waals surface area contributed by atoms with Crippen LogP contribution >= 0.6 is 0 Å². The molecule has 0 bridgehead atoms. The molecule has 4 heteroatoms. The maximum absolute atomic E-state index is 11.4. The van der Waals surface area contributed by atoms with Gasteiger partial charge in [0, 0.05) is 25.6 Å². The van der Waals surface area contributed by atoms with Crippen LogP contribution in [0.1, 0.15) is 45.4 Å². The lowest BCUT2D eigenvalue weighted by molar-refractivity contribution is -0.121. The topological polar surface area (TPSA) is 67.2 Å². The fraction of sp³-hybridized carbons (Fsp3) is 0.923. The van der Waals surface area contributed by atoms with Crippen molar-refractivity contribution in [3.8, 4) is 0 Å². The SMILES string of the molecule is CCCNC(=O)CCNC1CCCCC1CN. The van der Waals surface area contributed by atoms with Crippen LogP contribution in [0.2, 0.25) is 0 Å². The summed E-state index contributed by atoms with van der Waals surface area (Å²) in [6, 6.07) is 0.521. The third-order valence-corrected chi connectivity index (χ3v) is 3.54. The van der Waals surface area contributed by atoms with Crippen LogP contribution in [0.25, 0.3) is 0 Å². The Morgan fingerprint density at radius 2 is 2.06 bits per heavy atom. The van der Waals surface area contributed by atoms with E-state index in [1.54, 1.807) is 0 Å². The molecule has 0 aliphatic heterocycles. The average Bonchev–Trinajstić information content (AvgIpc) is 2.37. The normalized spacial score (nSPS) is 24.6. The molecule has 2 atom stereocenters. The highest BCUT2D eigenvalue weighted by Crippen LogP contribution is 2.23. The molecule has 1 fully saturated rings. The van der Waals surface area contributed by atoms with E-state index in [2.05, 4.69) is 17.6 Å². The summed E-state index contributed by atoms with van der Waals surface area (Å²) < 4.78 is 0. The molecule has 0 aromatic carbocycles. The van der Waals surface area contributed by atoms with Gasteiger partial charge in [-0.15, -0.1) is 0 Å². The second-order valence-electron chi connectivity index (χ2n) is 4.94. The number of nitrogens with one attached hydrogen (secondary N) is 2. The second kappa shape index (κ2) is 8.48. The van der Waals surface area contributed by atoms with Gasteiger partial charge in [-0.25, -0.2) is 0 Å². The first kappa shape index (κ1) is 14.5. The van der Waals surface area contributed by atoms with E-state index in [1.165, 1.54) is 25.7 Å². The summed E-state index contributed by atoms with van der Waals surface area (Å²) in [6.45, 7) is 4.39. The van der Waals surface area contributed by atoms with E-state index >= 15 is 0 Å². The average molecular weight is 241 g/mol. The summed E-state index contributed by atoms with van der Waals surface area (Å²) in [5.74, 6) is 0.752. The van der Waals surface area contributed by atoms with Crippen LogP contribution in [0.15, 0.2) is 0 Å². The number of rotatable bonds is 7. The molecule has 1 aliphatic carbocycles. The van der Waals surface area contributed by atoms with Crippen molar-refractivity contribution < 1.29 is 4.79 Å². The van der Waals surface area contributed by atoms with Gasteiger partial charge in [-0.05, 0) is 31.7 Å². The molecule has 1 amide bonds. The lowest BCUT2D eigenvalue weighted by Gasteiger charge is -2.31. The minimum absolute atomic E-state index is 0.152. The number of carbonyl (C=O) groups excluding carboxylic acids is 1. The van der Waals surface area contributed by atoms with Crippen LogP contribution in [0, 0.1) is 5.92 Å². The van der Waals surface area contributed by atoms with Gasteiger partial charge in [0.15, 0.2) is 0 Å². The number of amides is 1. The van der Waals surface area contributed by atoms with Gasteiger partial charge in [0.2, 0.25) is 5.91 Å². The van der Waals surface area contributed by atoms with Crippen LogP contribution in [0.4, 0.5) is 0 Å². The molecule has 2 unspecified atom stereocenters. The number of carbonyl (C=O) groups is 1. The molecule has 0 heterocycles. The lowest BCUT2D eigenvalue weighted by Crippen LogP contribution is -2.43. The predicted molar refractivity (Wildman–Crippen MR) is 70.7 cm³/mol. The summed E-state index contributed by atoms with van der Waals surface area (Å²) in [5.41, 5.74) is 5.77. The highest BCUT2D eigenvalue weighted by atomic mass is 16.1. The molecule has 100 valence electrons. The zero-order valence-corrected chi connectivity index (χ0v) is 11.0. The molecular weight excluding hydrogens is 214 g/mol. The summed E-state index contributed by atoms with van der Waals surface area (Å²) >= 11 is 0. The lowest BCUT2D eigenvalue weighted by atomic mass is 9.84. The number of nitrogens with two attached hydrogens (primary N) is 1. The molecule has 4 nitrogen and oxygen atoms in total. The van der Waals surface area contributed by atoms with Crippen molar-refractivity contribution in [2.24, 2.45) is 11.7 Å². The Labute approximate surface area is 105 Å². The Hall–Kier alpha value is -0.610. The predicted octanol–water partition coefficient (Wildman–Crippen LogP) is 1.01. The second-order valence-corrected chi connectivity index (χ2v) is 4.94. The zero-order valence-electron chi connectivity index (χ0n) is 11.0. The van der Waals surface area contributed by atoms with E-state index in [0.717, 1.165) is 26.1 Å². The number of hydrogen-bond donors (Lipinski definition) is 3. The third-order valence-electron chi connectivity index (χ3n) is 3.54. The van der Waals surface area contributed by atoms with Gasteiger partial charge in [-0.1, -0.05) is 19.8 Å². The molecule has 1 rings (SSSR count). The molecular formula is C13H27N3O.